The van der Waals surface area contributed by atoms with Gasteiger partial charge in [-0.3, -0.25) is 0 Å². The molecule has 3 nitrogen and oxygen atoms in total. The van der Waals surface area contributed by atoms with E-state index >= 15 is 0 Å². The standard InChI is InChI=1S/C19H19Cl2N3/c20-16-6-4-13(11-17(16)21)23-12-5-7-19-15(10-12)14-2-1-3-18(14)24(19)9-8-22/h4-7,10-11,23H,1-3,8-9,22H2. The summed E-state index contributed by atoms with van der Waals surface area (Å²) in [6.45, 7) is 1.55. The normalized spacial score (nSPS) is 13.5. The number of hydrogen-bond acceptors (Lipinski definition) is 2. The van der Waals surface area contributed by atoms with Gasteiger partial charge in [-0.25, -0.2) is 0 Å². The highest BCUT2D eigenvalue weighted by molar-refractivity contribution is 6.42. The molecular formula is C19H19Cl2N3. The van der Waals surface area contributed by atoms with Gasteiger partial charge in [0, 0.05) is 41.1 Å². The number of aryl methyl sites for hydroxylation is 1. The van der Waals surface area contributed by atoms with Crippen molar-refractivity contribution in [1.29, 1.82) is 0 Å². The molecule has 0 bridgehead atoms. The zero-order valence-corrected chi connectivity index (χ0v) is 14.8. The number of halogens is 2. The zero-order valence-electron chi connectivity index (χ0n) is 13.3. The average Bonchev–Trinajstić information content (AvgIpc) is 3.14. The molecule has 0 unspecified atom stereocenters. The molecule has 0 radical (unpaired) electrons. The third kappa shape index (κ3) is 2.67. The van der Waals surface area contributed by atoms with Gasteiger partial charge in [0.1, 0.15) is 0 Å². The van der Waals surface area contributed by atoms with Gasteiger partial charge in [0.2, 0.25) is 0 Å². The molecule has 0 saturated heterocycles. The van der Waals surface area contributed by atoms with Gasteiger partial charge in [-0.15, -0.1) is 0 Å². The van der Waals surface area contributed by atoms with E-state index in [9.17, 15) is 0 Å². The number of anilines is 2. The first-order valence-electron chi connectivity index (χ1n) is 8.23. The Bertz CT molecular complexity index is 915. The third-order valence-electron chi connectivity index (χ3n) is 4.69. The highest BCUT2D eigenvalue weighted by Gasteiger charge is 2.21. The first kappa shape index (κ1) is 15.8. The number of aromatic nitrogens is 1. The largest absolute Gasteiger partial charge is 0.355 e. The Morgan fingerprint density at radius 3 is 2.58 bits per heavy atom. The Kier molecular flexibility index (Phi) is 4.17. The Balaban J connectivity index is 1.74. The smallest absolute Gasteiger partial charge is 0.0612 e. The molecule has 1 aromatic heterocycles. The zero-order chi connectivity index (χ0) is 16.7. The number of nitrogens with one attached hydrogen (secondary N) is 1. The molecule has 0 spiro atoms. The molecule has 0 fully saturated rings. The van der Waals surface area contributed by atoms with Gasteiger partial charge in [-0.1, -0.05) is 23.2 Å². The summed E-state index contributed by atoms with van der Waals surface area (Å²) in [5.74, 6) is 0. The molecule has 0 atom stereocenters. The van der Waals surface area contributed by atoms with E-state index in [4.69, 9.17) is 28.9 Å². The van der Waals surface area contributed by atoms with Gasteiger partial charge in [-0.2, -0.15) is 0 Å². The van der Waals surface area contributed by atoms with Crippen LogP contribution in [0, 0.1) is 0 Å². The summed E-state index contributed by atoms with van der Waals surface area (Å²) >= 11 is 12.1. The molecule has 24 heavy (non-hydrogen) atoms. The van der Waals surface area contributed by atoms with Crippen LogP contribution in [0.5, 0.6) is 0 Å². The molecule has 5 heteroatoms. The summed E-state index contributed by atoms with van der Waals surface area (Å²) in [5, 5.41) is 5.87. The molecule has 0 saturated carbocycles. The van der Waals surface area contributed by atoms with Crippen molar-refractivity contribution in [3.63, 3.8) is 0 Å². The second-order valence-electron chi connectivity index (χ2n) is 6.20. The predicted molar refractivity (Wildman–Crippen MR) is 103 cm³/mol. The molecule has 0 amide bonds. The minimum atomic E-state index is 0.553. The summed E-state index contributed by atoms with van der Waals surface area (Å²) in [4.78, 5) is 0. The van der Waals surface area contributed by atoms with Crippen molar-refractivity contribution in [3.8, 4) is 0 Å². The van der Waals surface area contributed by atoms with Crippen molar-refractivity contribution in [3.05, 3.63) is 57.7 Å². The quantitative estimate of drug-likeness (QED) is 0.677. The maximum atomic E-state index is 6.10. The molecule has 4 rings (SSSR count). The predicted octanol–water partition coefficient (Wildman–Crippen LogP) is 5.14. The summed E-state index contributed by atoms with van der Waals surface area (Å²) in [6, 6.07) is 12.1. The number of fused-ring (bicyclic) bond motifs is 3. The summed E-state index contributed by atoms with van der Waals surface area (Å²) in [7, 11) is 0. The summed E-state index contributed by atoms with van der Waals surface area (Å²) < 4.78 is 2.39. The minimum absolute atomic E-state index is 0.553. The van der Waals surface area contributed by atoms with E-state index in [0.717, 1.165) is 30.8 Å². The van der Waals surface area contributed by atoms with Crippen LogP contribution in [-0.2, 0) is 19.4 Å². The van der Waals surface area contributed by atoms with E-state index in [1.165, 1.54) is 28.6 Å². The molecule has 1 heterocycles. The van der Waals surface area contributed by atoms with Crippen LogP contribution in [0.4, 0.5) is 11.4 Å². The fraction of sp³-hybridized carbons (Fsp3) is 0.263. The summed E-state index contributed by atoms with van der Waals surface area (Å²) in [5.41, 5.74) is 12.0. The van der Waals surface area contributed by atoms with E-state index in [1.807, 2.05) is 12.1 Å². The molecule has 1 aliphatic rings. The monoisotopic (exact) mass is 359 g/mol. The van der Waals surface area contributed by atoms with Gasteiger partial charge in [0.05, 0.1) is 10.0 Å². The first-order valence-corrected chi connectivity index (χ1v) is 8.99. The summed E-state index contributed by atoms with van der Waals surface area (Å²) in [6.07, 6.45) is 3.54. The maximum Gasteiger partial charge on any atom is 0.0612 e. The number of benzene rings is 2. The second kappa shape index (κ2) is 6.32. The Morgan fingerprint density at radius 2 is 1.79 bits per heavy atom. The van der Waals surface area contributed by atoms with Crippen LogP contribution in [0.2, 0.25) is 10.0 Å². The lowest BCUT2D eigenvalue weighted by molar-refractivity contribution is 0.696. The Labute approximate surface area is 151 Å². The minimum Gasteiger partial charge on any atom is -0.355 e. The number of nitrogens with zero attached hydrogens (tertiary/aromatic N) is 1. The number of rotatable bonds is 4. The van der Waals surface area contributed by atoms with Crippen molar-refractivity contribution in [2.45, 2.75) is 25.8 Å². The van der Waals surface area contributed by atoms with E-state index in [0.29, 0.717) is 16.6 Å². The van der Waals surface area contributed by atoms with Crippen molar-refractivity contribution in [1.82, 2.24) is 4.57 Å². The molecule has 3 N–H and O–H groups in total. The van der Waals surface area contributed by atoms with Crippen molar-refractivity contribution in [2.75, 3.05) is 11.9 Å². The van der Waals surface area contributed by atoms with Gasteiger partial charge in [0.25, 0.3) is 0 Å². The number of nitrogens with two attached hydrogens (primary N) is 1. The van der Waals surface area contributed by atoms with Gasteiger partial charge in [0.15, 0.2) is 0 Å². The van der Waals surface area contributed by atoms with Crippen LogP contribution in [0.25, 0.3) is 10.9 Å². The van der Waals surface area contributed by atoms with Crippen molar-refractivity contribution in [2.24, 2.45) is 5.73 Å². The van der Waals surface area contributed by atoms with Gasteiger partial charge in [-0.05, 0) is 61.2 Å². The van der Waals surface area contributed by atoms with Gasteiger partial charge < -0.3 is 15.6 Å². The first-order chi connectivity index (χ1) is 11.7. The topological polar surface area (TPSA) is 43.0 Å². The third-order valence-corrected chi connectivity index (χ3v) is 5.43. The second-order valence-corrected chi connectivity index (χ2v) is 7.02. The lowest BCUT2D eigenvalue weighted by Gasteiger charge is -2.10. The Morgan fingerprint density at radius 1 is 1.00 bits per heavy atom. The fourth-order valence-electron chi connectivity index (χ4n) is 3.68. The van der Waals surface area contributed by atoms with Crippen molar-refractivity contribution < 1.29 is 0 Å². The van der Waals surface area contributed by atoms with Crippen LogP contribution < -0.4 is 11.1 Å². The molecular weight excluding hydrogens is 341 g/mol. The fourth-order valence-corrected chi connectivity index (χ4v) is 3.98. The van der Waals surface area contributed by atoms with Crippen LogP contribution >= 0.6 is 23.2 Å². The molecule has 3 aromatic rings. The van der Waals surface area contributed by atoms with Gasteiger partial charge >= 0.3 is 0 Å². The van der Waals surface area contributed by atoms with E-state index in [1.54, 1.807) is 6.07 Å². The van der Waals surface area contributed by atoms with E-state index < -0.39 is 0 Å². The van der Waals surface area contributed by atoms with Crippen LogP contribution in [0.15, 0.2) is 36.4 Å². The lowest BCUT2D eigenvalue weighted by Crippen LogP contribution is -2.11. The van der Waals surface area contributed by atoms with Crippen LogP contribution in [-0.4, -0.2) is 11.1 Å². The highest BCUT2D eigenvalue weighted by atomic mass is 35.5. The maximum absolute atomic E-state index is 6.10. The van der Waals surface area contributed by atoms with E-state index in [-0.39, 0.29) is 0 Å². The lowest BCUT2D eigenvalue weighted by atomic mass is 10.1. The average molecular weight is 360 g/mol. The SMILES string of the molecule is NCCn1c2c(c3cc(Nc4ccc(Cl)c(Cl)c4)ccc31)CCC2. The van der Waals surface area contributed by atoms with Crippen LogP contribution in [0.3, 0.4) is 0 Å². The Hall–Kier alpha value is -1.68. The van der Waals surface area contributed by atoms with Crippen LogP contribution in [0.1, 0.15) is 17.7 Å². The van der Waals surface area contributed by atoms with Crippen molar-refractivity contribution >= 4 is 45.5 Å². The molecule has 1 aliphatic carbocycles. The molecule has 2 aromatic carbocycles. The number of hydrogen-bond donors (Lipinski definition) is 2. The highest BCUT2D eigenvalue weighted by Crippen LogP contribution is 2.35. The molecule has 0 aliphatic heterocycles. The van der Waals surface area contributed by atoms with E-state index in [2.05, 4.69) is 28.1 Å². The molecule has 124 valence electrons.